The highest BCUT2D eigenvalue weighted by Gasteiger charge is 2.14. The maximum absolute atomic E-state index is 8.73. The van der Waals surface area contributed by atoms with E-state index < -0.39 is 0 Å². The molecule has 0 atom stereocenters. The molecular formula is C14H23N5. The van der Waals surface area contributed by atoms with Crippen LogP contribution < -0.4 is 10.2 Å². The molecule has 0 aliphatic carbocycles. The molecule has 1 aromatic heterocycles. The van der Waals surface area contributed by atoms with E-state index >= 15 is 0 Å². The van der Waals surface area contributed by atoms with Crippen molar-refractivity contribution in [2.75, 3.05) is 29.9 Å². The summed E-state index contributed by atoms with van der Waals surface area (Å²) >= 11 is 0. The maximum atomic E-state index is 8.73. The smallest absolute Gasteiger partial charge is 0.137 e. The van der Waals surface area contributed by atoms with Crippen molar-refractivity contribution in [3.05, 3.63) is 11.9 Å². The second-order valence-corrected chi connectivity index (χ2v) is 4.29. The average molecular weight is 261 g/mol. The van der Waals surface area contributed by atoms with Crippen molar-refractivity contribution in [1.82, 2.24) is 9.97 Å². The molecule has 19 heavy (non-hydrogen) atoms. The number of nitrogens with zero attached hydrogens (tertiary/aromatic N) is 4. The van der Waals surface area contributed by atoms with Crippen molar-refractivity contribution in [3.8, 4) is 6.07 Å². The van der Waals surface area contributed by atoms with E-state index in [0.29, 0.717) is 13.0 Å². The first-order chi connectivity index (χ1) is 9.28. The third kappa shape index (κ3) is 4.09. The molecule has 0 saturated carbocycles. The van der Waals surface area contributed by atoms with Gasteiger partial charge in [-0.05, 0) is 19.8 Å². The average Bonchev–Trinajstić information content (AvgIpc) is 2.45. The predicted molar refractivity (Wildman–Crippen MR) is 78.3 cm³/mol. The van der Waals surface area contributed by atoms with Gasteiger partial charge in [0.15, 0.2) is 0 Å². The van der Waals surface area contributed by atoms with Crippen molar-refractivity contribution in [2.45, 2.75) is 40.0 Å². The van der Waals surface area contributed by atoms with Crippen molar-refractivity contribution in [1.29, 1.82) is 5.26 Å². The summed E-state index contributed by atoms with van der Waals surface area (Å²) in [6, 6.07) is 2.19. The van der Waals surface area contributed by atoms with Gasteiger partial charge in [-0.25, -0.2) is 9.97 Å². The topological polar surface area (TPSA) is 64.8 Å². The molecule has 1 rings (SSSR count). The lowest BCUT2D eigenvalue weighted by atomic mass is 10.2. The fraction of sp³-hybridized carbons (Fsp3) is 0.643. The fourth-order valence-corrected chi connectivity index (χ4v) is 2.00. The molecule has 0 aromatic carbocycles. The predicted octanol–water partition coefficient (Wildman–Crippen LogP) is 2.60. The molecular weight excluding hydrogens is 238 g/mol. The van der Waals surface area contributed by atoms with E-state index in [4.69, 9.17) is 5.26 Å². The van der Waals surface area contributed by atoms with Crippen LogP contribution in [0.5, 0.6) is 0 Å². The summed E-state index contributed by atoms with van der Waals surface area (Å²) in [4.78, 5) is 10.9. The Morgan fingerprint density at radius 2 is 2.11 bits per heavy atom. The summed E-state index contributed by atoms with van der Waals surface area (Å²) in [7, 11) is 0. The lowest BCUT2D eigenvalue weighted by Gasteiger charge is -2.24. The number of nitriles is 1. The van der Waals surface area contributed by atoms with E-state index in [9.17, 15) is 0 Å². The van der Waals surface area contributed by atoms with E-state index in [1.165, 1.54) is 0 Å². The van der Waals surface area contributed by atoms with Crippen molar-refractivity contribution >= 4 is 11.6 Å². The van der Waals surface area contributed by atoms with Crippen LogP contribution in [0.1, 0.15) is 39.2 Å². The van der Waals surface area contributed by atoms with Crippen molar-refractivity contribution < 1.29 is 0 Å². The summed E-state index contributed by atoms with van der Waals surface area (Å²) in [5, 5.41) is 12.1. The Hall–Kier alpha value is -1.83. The lowest BCUT2D eigenvalue weighted by molar-refractivity contribution is 0.796. The number of hydrogen-bond donors (Lipinski definition) is 1. The third-order valence-electron chi connectivity index (χ3n) is 2.99. The molecule has 0 unspecified atom stereocenters. The minimum atomic E-state index is 0.513. The van der Waals surface area contributed by atoms with Gasteiger partial charge in [0.1, 0.15) is 18.0 Å². The van der Waals surface area contributed by atoms with E-state index in [2.05, 4.69) is 47.0 Å². The highest BCUT2D eigenvalue weighted by atomic mass is 15.2. The Kier molecular flexibility index (Phi) is 6.65. The monoisotopic (exact) mass is 261 g/mol. The standard InChI is InChI=1S/C14H23N5/c1-4-9-16-13-12(5-2)14(18-11-17-13)19(6-3)10-7-8-15/h11H,4-7,9-10H2,1-3H3,(H,16,17,18). The Labute approximate surface area is 115 Å². The van der Waals surface area contributed by atoms with E-state index in [1.54, 1.807) is 6.33 Å². The van der Waals surface area contributed by atoms with Gasteiger partial charge in [-0.1, -0.05) is 13.8 Å². The molecule has 0 aliphatic heterocycles. The molecule has 104 valence electrons. The van der Waals surface area contributed by atoms with E-state index in [-0.39, 0.29) is 0 Å². The zero-order valence-electron chi connectivity index (χ0n) is 12.1. The van der Waals surface area contributed by atoms with Crippen LogP contribution in [-0.2, 0) is 6.42 Å². The van der Waals surface area contributed by atoms with Gasteiger partial charge in [0, 0.05) is 25.2 Å². The van der Waals surface area contributed by atoms with Crippen LogP contribution in [0.4, 0.5) is 11.6 Å². The molecule has 5 nitrogen and oxygen atoms in total. The first kappa shape index (κ1) is 15.2. The van der Waals surface area contributed by atoms with Gasteiger partial charge in [-0.2, -0.15) is 5.26 Å². The van der Waals surface area contributed by atoms with Crippen molar-refractivity contribution in [2.24, 2.45) is 0 Å². The van der Waals surface area contributed by atoms with Gasteiger partial charge in [0.2, 0.25) is 0 Å². The Morgan fingerprint density at radius 3 is 2.68 bits per heavy atom. The fourth-order valence-electron chi connectivity index (χ4n) is 2.00. The third-order valence-corrected chi connectivity index (χ3v) is 2.99. The molecule has 5 heteroatoms. The number of nitrogens with one attached hydrogen (secondary N) is 1. The summed E-state index contributed by atoms with van der Waals surface area (Å²) in [6.07, 6.45) is 4.06. The van der Waals surface area contributed by atoms with Crippen LogP contribution in [0.2, 0.25) is 0 Å². The molecule has 0 bridgehead atoms. The van der Waals surface area contributed by atoms with Crippen LogP contribution in [0.15, 0.2) is 6.33 Å². The van der Waals surface area contributed by atoms with Crippen molar-refractivity contribution in [3.63, 3.8) is 0 Å². The van der Waals surface area contributed by atoms with Gasteiger partial charge < -0.3 is 10.2 Å². The van der Waals surface area contributed by atoms with E-state index in [0.717, 1.165) is 43.1 Å². The second kappa shape index (κ2) is 8.30. The normalized spacial score (nSPS) is 10.0. The van der Waals surface area contributed by atoms with Gasteiger partial charge in [0.25, 0.3) is 0 Å². The van der Waals surface area contributed by atoms with Gasteiger partial charge in [-0.15, -0.1) is 0 Å². The molecule has 0 amide bonds. The molecule has 0 spiro atoms. The number of hydrogen-bond acceptors (Lipinski definition) is 5. The second-order valence-electron chi connectivity index (χ2n) is 4.29. The van der Waals surface area contributed by atoms with Crippen LogP contribution in [-0.4, -0.2) is 29.6 Å². The SMILES string of the molecule is CCCNc1ncnc(N(CC)CCC#N)c1CC. The molecule has 0 fully saturated rings. The zero-order valence-corrected chi connectivity index (χ0v) is 12.1. The summed E-state index contributed by atoms with van der Waals surface area (Å²) in [6.45, 7) is 8.79. The Bertz CT molecular complexity index is 424. The van der Waals surface area contributed by atoms with Gasteiger partial charge >= 0.3 is 0 Å². The quantitative estimate of drug-likeness (QED) is 0.779. The number of rotatable bonds is 8. The van der Waals surface area contributed by atoms with Crippen LogP contribution in [0.3, 0.4) is 0 Å². The minimum Gasteiger partial charge on any atom is -0.370 e. The molecule has 0 aliphatic rings. The summed E-state index contributed by atoms with van der Waals surface area (Å²) in [5.41, 5.74) is 1.13. The summed E-state index contributed by atoms with van der Waals surface area (Å²) in [5.74, 6) is 1.87. The first-order valence-electron chi connectivity index (χ1n) is 6.98. The Balaban J connectivity index is 3.01. The largest absolute Gasteiger partial charge is 0.370 e. The molecule has 1 aromatic rings. The summed E-state index contributed by atoms with van der Waals surface area (Å²) < 4.78 is 0. The highest BCUT2D eigenvalue weighted by molar-refractivity contribution is 5.58. The van der Waals surface area contributed by atoms with Crippen LogP contribution in [0.25, 0.3) is 0 Å². The van der Waals surface area contributed by atoms with Crippen LogP contribution in [0, 0.1) is 11.3 Å². The lowest BCUT2D eigenvalue weighted by Crippen LogP contribution is -2.26. The maximum Gasteiger partial charge on any atom is 0.137 e. The molecule has 1 N–H and O–H groups in total. The minimum absolute atomic E-state index is 0.513. The van der Waals surface area contributed by atoms with Gasteiger partial charge in [0.05, 0.1) is 12.5 Å². The zero-order chi connectivity index (χ0) is 14.1. The molecule has 1 heterocycles. The number of aromatic nitrogens is 2. The van der Waals surface area contributed by atoms with E-state index in [1.807, 2.05) is 0 Å². The molecule has 0 radical (unpaired) electrons. The number of anilines is 2. The molecule has 0 saturated heterocycles. The van der Waals surface area contributed by atoms with Crippen LogP contribution >= 0.6 is 0 Å². The highest BCUT2D eigenvalue weighted by Crippen LogP contribution is 2.24. The van der Waals surface area contributed by atoms with Gasteiger partial charge in [-0.3, -0.25) is 0 Å². The Morgan fingerprint density at radius 1 is 1.32 bits per heavy atom. The first-order valence-corrected chi connectivity index (χ1v) is 6.98.